The largest absolute Gasteiger partial charge is 0.309 e. The number of nitrogens with zero attached hydrogens (tertiary/aromatic N) is 4. The maximum Gasteiger partial charge on any atom is 0.139 e. The standard InChI is InChI=1S/C42H24N4/c43-25-28-24-40(44-35-14-6-3-10-30(28)35)46-37-16-8-5-13-34(37)42-32-20-19-29(23-27(32)18-22-39(42)46)45-36-15-7-4-12-33(36)41-31-11-2-1-9-26(31)17-21-38(41)45/h1-24H. The summed E-state index contributed by atoms with van der Waals surface area (Å²) in [7, 11) is 0. The van der Waals surface area contributed by atoms with Crippen molar-refractivity contribution in [2.24, 2.45) is 0 Å². The van der Waals surface area contributed by atoms with E-state index in [9.17, 15) is 5.26 Å². The van der Waals surface area contributed by atoms with Crippen molar-refractivity contribution < 1.29 is 0 Å². The number of pyridine rings is 1. The van der Waals surface area contributed by atoms with Crippen molar-refractivity contribution >= 4 is 76.1 Å². The Balaban J connectivity index is 1.25. The molecule has 46 heavy (non-hydrogen) atoms. The first-order valence-corrected chi connectivity index (χ1v) is 15.5. The van der Waals surface area contributed by atoms with E-state index in [-0.39, 0.29) is 0 Å². The van der Waals surface area contributed by atoms with Crippen molar-refractivity contribution in [1.29, 1.82) is 5.26 Å². The van der Waals surface area contributed by atoms with E-state index in [0.717, 1.165) is 38.8 Å². The van der Waals surface area contributed by atoms with Crippen LogP contribution in [-0.4, -0.2) is 14.1 Å². The number of aromatic nitrogens is 3. The highest BCUT2D eigenvalue weighted by Gasteiger charge is 2.19. The van der Waals surface area contributed by atoms with Gasteiger partial charge in [-0.3, -0.25) is 4.57 Å². The zero-order chi connectivity index (χ0) is 30.4. The molecule has 4 heteroatoms. The molecule has 0 aliphatic rings. The molecule has 0 spiro atoms. The molecule has 0 fully saturated rings. The van der Waals surface area contributed by atoms with Gasteiger partial charge >= 0.3 is 0 Å². The van der Waals surface area contributed by atoms with Gasteiger partial charge < -0.3 is 4.57 Å². The van der Waals surface area contributed by atoms with Gasteiger partial charge in [0.1, 0.15) is 5.82 Å². The molecule has 0 amide bonds. The van der Waals surface area contributed by atoms with Crippen LogP contribution in [0.2, 0.25) is 0 Å². The van der Waals surface area contributed by atoms with Crippen LogP contribution in [0.4, 0.5) is 0 Å². The predicted molar refractivity (Wildman–Crippen MR) is 190 cm³/mol. The van der Waals surface area contributed by atoms with E-state index < -0.39 is 0 Å². The molecule has 7 aromatic carbocycles. The molecule has 0 bridgehead atoms. The first kappa shape index (κ1) is 24.9. The molecule has 212 valence electrons. The Kier molecular flexibility index (Phi) is 5.03. The second kappa shape index (κ2) is 9.28. The summed E-state index contributed by atoms with van der Waals surface area (Å²) in [6, 6.07) is 53.7. The third-order valence-electron chi connectivity index (χ3n) is 9.51. The van der Waals surface area contributed by atoms with Gasteiger partial charge in [0.05, 0.1) is 39.2 Å². The first-order valence-electron chi connectivity index (χ1n) is 15.5. The van der Waals surface area contributed by atoms with Crippen molar-refractivity contribution in [3.05, 3.63) is 151 Å². The highest BCUT2D eigenvalue weighted by molar-refractivity contribution is 6.23. The molecule has 3 heterocycles. The Morgan fingerprint density at radius 3 is 1.80 bits per heavy atom. The van der Waals surface area contributed by atoms with Gasteiger partial charge in [0.25, 0.3) is 0 Å². The van der Waals surface area contributed by atoms with Crippen molar-refractivity contribution in [2.75, 3.05) is 0 Å². The average Bonchev–Trinajstić information content (AvgIpc) is 3.64. The number of nitriles is 1. The van der Waals surface area contributed by atoms with E-state index in [1.165, 1.54) is 48.7 Å². The maximum absolute atomic E-state index is 10.0. The number of fused-ring (bicyclic) bond motifs is 11. The first-order chi connectivity index (χ1) is 22.8. The Bertz CT molecular complexity index is 2940. The molecular formula is C42H24N4. The van der Waals surface area contributed by atoms with Gasteiger partial charge in [0, 0.05) is 32.6 Å². The Labute approximate surface area is 263 Å². The fourth-order valence-corrected chi connectivity index (χ4v) is 7.56. The van der Waals surface area contributed by atoms with E-state index in [4.69, 9.17) is 4.98 Å². The summed E-state index contributed by atoms with van der Waals surface area (Å²) in [5, 5.41) is 20.6. The van der Waals surface area contributed by atoms with Crippen LogP contribution in [0.25, 0.3) is 87.6 Å². The van der Waals surface area contributed by atoms with E-state index in [2.05, 4.69) is 130 Å². The lowest BCUT2D eigenvalue weighted by Crippen LogP contribution is -1.99. The lowest BCUT2D eigenvalue weighted by atomic mass is 10.0. The smallest absolute Gasteiger partial charge is 0.139 e. The normalized spacial score (nSPS) is 11.9. The molecule has 0 saturated carbocycles. The van der Waals surface area contributed by atoms with Gasteiger partial charge in [0.2, 0.25) is 0 Å². The fourth-order valence-electron chi connectivity index (χ4n) is 7.56. The molecule has 0 saturated heterocycles. The second-order valence-corrected chi connectivity index (χ2v) is 11.9. The van der Waals surface area contributed by atoms with Crippen LogP contribution in [0.5, 0.6) is 0 Å². The van der Waals surface area contributed by atoms with Gasteiger partial charge in [-0.25, -0.2) is 4.98 Å². The van der Waals surface area contributed by atoms with E-state index in [1.807, 2.05) is 30.3 Å². The molecule has 0 aliphatic carbocycles. The summed E-state index contributed by atoms with van der Waals surface area (Å²) < 4.78 is 4.59. The van der Waals surface area contributed by atoms with Crippen LogP contribution in [0.1, 0.15) is 5.56 Å². The molecule has 0 unspecified atom stereocenters. The van der Waals surface area contributed by atoms with Crippen LogP contribution in [0.3, 0.4) is 0 Å². The lowest BCUT2D eigenvalue weighted by molar-refractivity contribution is 1.10. The molecule has 0 atom stereocenters. The molecular weight excluding hydrogens is 560 g/mol. The summed E-state index contributed by atoms with van der Waals surface area (Å²) in [6.07, 6.45) is 0. The number of rotatable bonds is 2. The fraction of sp³-hybridized carbons (Fsp3) is 0. The summed E-state index contributed by atoms with van der Waals surface area (Å²) >= 11 is 0. The molecule has 10 rings (SSSR count). The molecule has 0 radical (unpaired) electrons. The van der Waals surface area contributed by atoms with E-state index in [1.54, 1.807) is 0 Å². The summed E-state index contributed by atoms with van der Waals surface area (Å²) in [5.41, 5.74) is 7.09. The lowest BCUT2D eigenvalue weighted by Gasteiger charge is -2.11. The molecule has 4 nitrogen and oxygen atoms in total. The third-order valence-corrected chi connectivity index (χ3v) is 9.51. The van der Waals surface area contributed by atoms with Gasteiger partial charge in [-0.2, -0.15) is 5.26 Å². The number of hydrogen-bond acceptors (Lipinski definition) is 2. The van der Waals surface area contributed by atoms with E-state index in [0.29, 0.717) is 5.56 Å². The zero-order valence-electron chi connectivity index (χ0n) is 24.6. The van der Waals surface area contributed by atoms with Gasteiger partial charge in [-0.15, -0.1) is 0 Å². The van der Waals surface area contributed by atoms with Crippen LogP contribution >= 0.6 is 0 Å². The van der Waals surface area contributed by atoms with Crippen LogP contribution < -0.4 is 0 Å². The zero-order valence-corrected chi connectivity index (χ0v) is 24.6. The number of benzene rings is 7. The molecule has 0 N–H and O–H groups in total. The van der Waals surface area contributed by atoms with Crippen LogP contribution in [-0.2, 0) is 0 Å². The molecule has 0 aliphatic heterocycles. The van der Waals surface area contributed by atoms with E-state index >= 15 is 0 Å². The third kappa shape index (κ3) is 3.34. The summed E-state index contributed by atoms with van der Waals surface area (Å²) in [6.45, 7) is 0. The SMILES string of the molecule is N#Cc1cc(-n2c3ccccc3c3c4ccc(-n5c6ccccc6c6c7ccccc7ccc65)cc4ccc32)nc2ccccc12. The minimum atomic E-state index is 0.621. The van der Waals surface area contributed by atoms with Gasteiger partial charge in [-0.1, -0.05) is 97.1 Å². The highest BCUT2D eigenvalue weighted by Crippen LogP contribution is 2.40. The van der Waals surface area contributed by atoms with Crippen molar-refractivity contribution in [3.8, 4) is 17.6 Å². The quantitative estimate of drug-likeness (QED) is 0.203. The van der Waals surface area contributed by atoms with Gasteiger partial charge in [0.15, 0.2) is 0 Å². The average molecular weight is 585 g/mol. The topological polar surface area (TPSA) is 46.5 Å². The van der Waals surface area contributed by atoms with Crippen LogP contribution in [0.15, 0.2) is 146 Å². The Hall–Kier alpha value is -6.44. The minimum absolute atomic E-state index is 0.621. The summed E-state index contributed by atoms with van der Waals surface area (Å²) in [4.78, 5) is 5.04. The molecule has 10 aromatic rings. The predicted octanol–water partition coefficient (Wildman–Crippen LogP) is 10.6. The minimum Gasteiger partial charge on any atom is -0.309 e. The highest BCUT2D eigenvalue weighted by atomic mass is 15.1. The monoisotopic (exact) mass is 584 g/mol. The Morgan fingerprint density at radius 2 is 1.04 bits per heavy atom. The number of hydrogen-bond donors (Lipinski definition) is 0. The van der Waals surface area contributed by atoms with Crippen LogP contribution in [0, 0.1) is 11.3 Å². The second-order valence-electron chi connectivity index (χ2n) is 11.9. The summed E-state index contributed by atoms with van der Waals surface area (Å²) in [5.74, 6) is 0.745. The maximum atomic E-state index is 10.0. The van der Waals surface area contributed by atoms with Crippen molar-refractivity contribution in [3.63, 3.8) is 0 Å². The van der Waals surface area contributed by atoms with Crippen molar-refractivity contribution in [1.82, 2.24) is 14.1 Å². The Morgan fingerprint density at radius 1 is 0.457 bits per heavy atom. The van der Waals surface area contributed by atoms with Gasteiger partial charge in [-0.05, 0) is 70.1 Å². The van der Waals surface area contributed by atoms with Crippen molar-refractivity contribution in [2.45, 2.75) is 0 Å². The molecule has 3 aromatic heterocycles. The number of para-hydroxylation sites is 3.